The normalized spacial score (nSPS) is 14.7. The van der Waals surface area contributed by atoms with Gasteiger partial charge >= 0.3 is 6.18 Å². The van der Waals surface area contributed by atoms with Crippen molar-refractivity contribution in [3.63, 3.8) is 0 Å². The molecule has 2 N–H and O–H groups in total. The maximum atomic E-state index is 12.9. The highest BCUT2D eigenvalue weighted by Gasteiger charge is 2.33. The molecule has 0 saturated heterocycles. The largest absolute Gasteiger partial charge is 0.448 e. The number of thioether (sulfide) groups is 1. The first-order valence-corrected chi connectivity index (χ1v) is 6.17. The van der Waals surface area contributed by atoms with Crippen molar-refractivity contribution >= 4 is 34.9 Å². The molecule has 1 aromatic rings. The van der Waals surface area contributed by atoms with Gasteiger partial charge in [0.05, 0.1) is 10.7 Å². The number of nitrogens with two attached hydrogens (primary N) is 1. The Balaban J connectivity index is 3.03. The van der Waals surface area contributed by atoms with Gasteiger partial charge in [0.15, 0.2) is 0 Å². The highest BCUT2D eigenvalue weighted by atomic mass is 35.5. The molecule has 0 spiro atoms. The van der Waals surface area contributed by atoms with Gasteiger partial charge in [-0.1, -0.05) is 23.4 Å². The van der Waals surface area contributed by atoms with Crippen LogP contribution in [0.25, 0.3) is 0 Å². The molecule has 0 heterocycles. The SMILES string of the molecule is NC(=Nc1ccc(Cl)c(SC(F)C(F)F)c1)C(F)(F)F. The van der Waals surface area contributed by atoms with Crippen LogP contribution < -0.4 is 5.73 Å². The van der Waals surface area contributed by atoms with Gasteiger partial charge in [0.1, 0.15) is 0 Å². The van der Waals surface area contributed by atoms with E-state index in [4.69, 9.17) is 17.3 Å². The number of halogens is 7. The second kappa shape index (κ2) is 6.57. The molecule has 112 valence electrons. The van der Waals surface area contributed by atoms with Crippen molar-refractivity contribution in [3.05, 3.63) is 23.2 Å². The molecule has 0 aliphatic carbocycles. The first-order chi connectivity index (χ1) is 9.11. The fourth-order valence-electron chi connectivity index (χ4n) is 1.03. The van der Waals surface area contributed by atoms with Crippen molar-refractivity contribution in [1.82, 2.24) is 0 Å². The molecule has 0 amide bonds. The second-order valence-corrected chi connectivity index (χ2v) is 4.95. The van der Waals surface area contributed by atoms with Crippen LogP contribution in [-0.4, -0.2) is 23.9 Å². The van der Waals surface area contributed by atoms with Crippen LogP contribution in [0.5, 0.6) is 0 Å². The molecule has 20 heavy (non-hydrogen) atoms. The Morgan fingerprint density at radius 1 is 1.25 bits per heavy atom. The third-order valence-electron chi connectivity index (χ3n) is 1.89. The fraction of sp³-hybridized carbons (Fsp3) is 0.300. The summed E-state index contributed by atoms with van der Waals surface area (Å²) in [5, 5.41) is -0.0807. The summed E-state index contributed by atoms with van der Waals surface area (Å²) >= 11 is 5.72. The lowest BCUT2D eigenvalue weighted by molar-refractivity contribution is -0.0597. The van der Waals surface area contributed by atoms with Crippen molar-refractivity contribution in [2.24, 2.45) is 10.7 Å². The van der Waals surface area contributed by atoms with Gasteiger partial charge in [-0.05, 0) is 18.2 Å². The van der Waals surface area contributed by atoms with Crippen molar-refractivity contribution in [1.29, 1.82) is 0 Å². The number of hydrogen-bond acceptors (Lipinski definition) is 2. The lowest BCUT2D eigenvalue weighted by Gasteiger charge is -2.09. The zero-order valence-corrected chi connectivity index (χ0v) is 11.0. The Kier molecular flexibility index (Phi) is 5.58. The average molecular weight is 337 g/mol. The van der Waals surface area contributed by atoms with Crippen LogP contribution in [0.3, 0.4) is 0 Å². The molecule has 1 unspecified atom stereocenters. The predicted octanol–water partition coefficient (Wildman–Crippen LogP) is 4.54. The molecule has 2 nitrogen and oxygen atoms in total. The summed E-state index contributed by atoms with van der Waals surface area (Å²) in [4.78, 5) is 2.91. The zero-order valence-electron chi connectivity index (χ0n) is 9.47. The molecular formula is C10H7ClF6N2S. The van der Waals surface area contributed by atoms with Gasteiger partial charge < -0.3 is 5.73 Å². The Bertz CT molecular complexity index is 505. The van der Waals surface area contributed by atoms with Crippen LogP contribution in [0.4, 0.5) is 32.0 Å². The lowest BCUT2D eigenvalue weighted by Crippen LogP contribution is -2.30. The first-order valence-electron chi connectivity index (χ1n) is 4.91. The van der Waals surface area contributed by atoms with Crippen LogP contribution in [0, 0.1) is 0 Å². The van der Waals surface area contributed by atoms with Gasteiger partial charge in [0.2, 0.25) is 11.3 Å². The molecule has 1 atom stereocenters. The number of amidine groups is 1. The zero-order chi connectivity index (χ0) is 15.5. The quantitative estimate of drug-likeness (QED) is 0.379. The molecule has 10 heteroatoms. The highest BCUT2D eigenvalue weighted by Crippen LogP contribution is 2.36. The van der Waals surface area contributed by atoms with Crippen LogP contribution in [0.1, 0.15) is 0 Å². The number of rotatable bonds is 4. The molecule has 0 radical (unpaired) electrons. The molecular weight excluding hydrogens is 330 g/mol. The molecule has 0 aliphatic rings. The second-order valence-electron chi connectivity index (χ2n) is 3.41. The smallest absolute Gasteiger partial charge is 0.380 e. The van der Waals surface area contributed by atoms with E-state index in [9.17, 15) is 26.3 Å². The fourth-order valence-corrected chi connectivity index (χ4v) is 1.99. The monoisotopic (exact) mass is 336 g/mol. The van der Waals surface area contributed by atoms with E-state index in [-0.39, 0.29) is 27.4 Å². The van der Waals surface area contributed by atoms with E-state index in [1.165, 1.54) is 0 Å². The molecule has 1 aromatic carbocycles. The molecule has 0 bridgehead atoms. The van der Waals surface area contributed by atoms with Crippen LogP contribution in [0.15, 0.2) is 28.1 Å². The van der Waals surface area contributed by atoms with Crippen LogP contribution >= 0.6 is 23.4 Å². The Morgan fingerprint density at radius 2 is 1.85 bits per heavy atom. The molecule has 0 fully saturated rings. The first kappa shape index (κ1) is 17.0. The van der Waals surface area contributed by atoms with Gasteiger partial charge in [-0.25, -0.2) is 18.2 Å². The summed E-state index contributed by atoms with van der Waals surface area (Å²) in [5.41, 5.74) is 1.89. The van der Waals surface area contributed by atoms with E-state index in [2.05, 4.69) is 4.99 Å². The number of nitrogens with zero attached hydrogens (tertiary/aromatic N) is 1. The number of alkyl halides is 6. The van der Waals surface area contributed by atoms with E-state index >= 15 is 0 Å². The molecule has 1 rings (SSSR count). The highest BCUT2D eigenvalue weighted by molar-refractivity contribution is 8.00. The van der Waals surface area contributed by atoms with E-state index < -0.39 is 23.9 Å². The number of hydrogen-bond donors (Lipinski definition) is 1. The Morgan fingerprint density at radius 3 is 2.35 bits per heavy atom. The van der Waals surface area contributed by atoms with E-state index in [0.29, 0.717) is 0 Å². The van der Waals surface area contributed by atoms with Gasteiger partial charge in [0, 0.05) is 4.90 Å². The molecule has 0 aromatic heterocycles. The van der Waals surface area contributed by atoms with Gasteiger partial charge in [-0.2, -0.15) is 13.2 Å². The minimum absolute atomic E-state index is 0.0807. The average Bonchev–Trinajstić information content (AvgIpc) is 2.31. The Hall–Kier alpha value is -1.09. The minimum Gasteiger partial charge on any atom is -0.380 e. The topological polar surface area (TPSA) is 38.4 Å². The Labute approximate surface area is 119 Å². The van der Waals surface area contributed by atoms with E-state index in [0.717, 1.165) is 18.2 Å². The standard InChI is InChI=1S/C10H7ClF6N2S/c11-5-2-1-4(19-9(18)10(15,16)17)3-6(5)20-8(14)7(12)13/h1-3,7-8H,(H2,18,19). The third-order valence-corrected chi connectivity index (χ3v) is 3.36. The maximum Gasteiger partial charge on any atom is 0.448 e. The summed E-state index contributed by atoms with van der Waals surface area (Å²) in [6, 6.07) is 3.16. The van der Waals surface area contributed by atoms with E-state index in [1.54, 1.807) is 0 Å². The third kappa shape index (κ3) is 4.78. The van der Waals surface area contributed by atoms with Crippen molar-refractivity contribution in [3.8, 4) is 0 Å². The summed E-state index contributed by atoms with van der Waals surface area (Å²) in [6.07, 6.45) is -8.07. The minimum atomic E-state index is -4.82. The maximum absolute atomic E-state index is 12.9. The van der Waals surface area contributed by atoms with Crippen molar-refractivity contribution < 1.29 is 26.3 Å². The van der Waals surface area contributed by atoms with Crippen LogP contribution in [0.2, 0.25) is 5.02 Å². The predicted molar refractivity (Wildman–Crippen MR) is 65.5 cm³/mol. The summed E-state index contributed by atoms with van der Waals surface area (Å²) in [7, 11) is 0. The summed E-state index contributed by atoms with van der Waals surface area (Å²) in [6.45, 7) is 0. The molecule has 0 aliphatic heterocycles. The van der Waals surface area contributed by atoms with Crippen LogP contribution in [-0.2, 0) is 0 Å². The summed E-state index contributed by atoms with van der Waals surface area (Å²) < 4.78 is 73.6. The van der Waals surface area contributed by atoms with Gasteiger partial charge in [-0.3, -0.25) is 0 Å². The van der Waals surface area contributed by atoms with Gasteiger partial charge in [0.25, 0.3) is 6.43 Å². The molecule has 0 saturated carbocycles. The number of aliphatic imine (C=N–C) groups is 1. The number of benzene rings is 1. The van der Waals surface area contributed by atoms with Crippen molar-refractivity contribution in [2.45, 2.75) is 23.0 Å². The van der Waals surface area contributed by atoms with Gasteiger partial charge in [-0.15, -0.1) is 0 Å². The van der Waals surface area contributed by atoms with Crippen molar-refractivity contribution in [2.75, 3.05) is 0 Å². The van der Waals surface area contributed by atoms with E-state index in [1.807, 2.05) is 0 Å². The lowest BCUT2D eigenvalue weighted by atomic mass is 10.3. The summed E-state index contributed by atoms with van der Waals surface area (Å²) in [5.74, 6) is -1.61.